The van der Waals surface area contributed by atoms with E-state index in [0.717, 1.165) is 11.3 Å². The van der Waals surface area contributed by atoms with Gasteiger partial charge in [-0.15, -0.1) is 0 Å². The van der Waals surface area contributed by atoms with Crippen LogP contribution in [0.3, 0.4) is 0 Å². The van der Waals surface area contributed by atoms with Crippen molar-refractivity contribution in [2.45, 2.75) is 20.3 Å². The van der Waals surface area contributed by atoms with Crippen LogP contribution in [-0.2, 0) is 23.0 Å². The lowest BCUT2D eigenvalue weighted by molar-refractivity contribution is -0.142. The maximum Gasteiger partial charge on any atom is 0.311 e. The Morgan fingerprint density at radius 2 is 2.00 bits per heavy atom. The molecule has 1 aromatic carbocycles. The summed E-state index contributed by atoms with van der Waals surface area (Å²) in [4.78, 5) is 24.3. The van der Waals surface area contributed by atoms with Gasteiger partial charge in [0.15, 0.2) is 0 Å². The molecular weight excluding hydrogens is 302 g/mol. The van der Waals surface area contributed by atoms with Crippen molar-refractivity contribution in [1.82, 2.24) is 4.57 Å². The largest absolute Gasteiger partial charge is 0.466 e. The predicted octanol–water partition coefficient (Wildman–Crippen LogP) is 3.32. The molecular formula is C17H18ClNO3. The number of ketones is 1. The van der Waals surface area contributed by atoms with E-state index in [1.807, 2.05) is 13.0 Å². The average Bonchev–Trinajstić information content (AvgIpc) is 2.73. The number of rotatable bonds is 5. The summed E-state index contributed by atoms with van der Waals surface area (Å²) in [5, 5.41) is 0.518. The Balaban J connectivity index is 2.34. The number of aryl methyl sites for hydroxylation is 1. The number of nitrogens with zero attached hydrogens (tertiary/aromatic N) is 1. The minimum absolute atomic E-state index is 0.113. The number of benzene rings is 1. The smallest absolute Gasteiger partial charge is 0.311 e. The second-order valence-electron chi connectivity index (χ2n) is 5.05. The van der Waals surface area contributed by atoms with Gasteiger partial charge in [-0.3, -0.25) is 9.59 Å². The molecule has 0 N–H and O–H groups in total. The third-order valence-electron chi connectivity index (χ3n) is 3.46. The Morgan fingerprint density at radius 3 is 2.64 bits per heavy atom. The first kappa shape index (κ1) is 16.3. The van der Waals surface area contributed by atoms with Crippen LogP contribution in [0.2, 0.25) is 5.02 Å². The normalized spacial score (nSPS) is 10.5. The average molecular weight is 320 g/mol. The van der Waals surface area contributed by atoms with Crippen LogP contribution in [-0.4, -0.2) is 22.9 Å². The number of ether oxygens (including phenoxy) is 1. The lowest BCUT2D eigenvalue weighted by Crippen LogP contribution is -2.14. The second kappa shape index (κ2) is 6.79. The summed E-state index contributed by atoms with van der Waals surface area (Å²) in [6.07, 6.45) is 0.147. The molecule has 0 fully saturated rings. The third-order valence-corrected chi connectivity index (χ3v) is 3.69. The van der Waals surface area contributed by atoms with E-state index in [1.54, 1.807) is 42.8 Å². The topological polar surface area (TPSA) is 48.3 Å². The molecule has 1 heterocycles. The highest BCUT2D eigenvalue weighted by atomic mass is 35.5. The van der Waals surface area contributed by atoms with Gasteiger partial charge in [0.05, 0.1) is 18.7 Å². The van der Waals surface area contributed by atoms with Crippen LogP contribution < -0.4 is 0 Å². The molecule has 116 valence electrons. The van der Waals surface area contributed by atoms with E-state index in [-0.39, 0.29) is 18.2 Å². The molecule has 0 aliphatic carbocycles. The fourth-order valence-electron chi connectivity index (χ4n) is 2.45. The molecule has 4 nitrogen and oxygen atoms in total. The van der Waals surface area contributed by atoms with Gasteiger partial charge in [-0.25, -0.2) is 0 Å². The first-order chi connectivity index (χ1) is 10.4. The maximum absolute atomic E-state index is 12.7. The van der Waals surface area contributed by atoms with E-state index in [0.29, 0.717) is 22.9 Å². The lowest BCUT2D eigenvalue weighted by Gasteiger charge is -2.08. The summed E-state index contributed by atoms with van der Waals surface area (Å²) in [5.41, 5.74) is 2.66. The highest BCUT2D eigenvalue weighted by Gasteiger charge is 2.20. The van der Waals surface area contributed by atoms with Crippen molar-refractivity contribution in [3.63, 3.8) is 0 Å². The molecule has 1 aromatic heterocycles. The van der Waals surface area contributed by atoms with E-state index in [2.05, 4.69) is 0 Å². The highest BCUT2D eigenvalue weighted by Crippen LogP contribution is 2.20. The molecule has 22 heavy (non-hydrogen) atoms. The molecule has 0 bridgehead atoms. The van der Waals surface area contributed by atoms with Crippen molar-refractivity contribution in [2.75, 3.05) is 6.61 Å². The second-order valence-corrected chi connectivity index (χ2v) is 5.48. The van der Waals surface area contributed by atoms with Crippen molar-refractivity contribution in [1.29, 1.82) is 0 Å². The zero-order chi connectivity index (χ0) is 16.3. The fourth-order valence-corrected chi connectivity index (χ4v) is 2.64. The molecule has 0 atom stereocenters. The summed E-state index contributed by atoms with van der Waals surface area (Å²) < 4.78 is 6.70. The van der Waals surface area contributed by atoms with Crippen LogP contribution in [0.4, 0.5) is 0 Å². The first-order valence-electron chi connectivity index (χ1n) is 7.05. The number of hydrogen-bond donors (Lipinski definition) is 0. The summed E-state index contributed by atoms with van der Waals surface area (Å²) in [7, 11) is 1.78. The van der Waals surface area contributed by atoms with E-state index in [4.69, 9.17) is 16.3 Å². The van der Waals surface area contributed by atoms with Gasteiger partial charge in [0, 0.05) is 23.3 Å². The molecule has 0 aliphatic rings. The van der Waals surface area contributed by atoms with Crippen molar-refractivity contribution in [2.24, 2.45) is 7.05 Å². The summed E-state index contributed by atoms with van der Waals surface area (Å²) in [6, 6.07) is 8.68. The van der Waals surface area contributed by atoms with Crippen molar-refractivity contribution < 1.29 is 14.3 Å². The van der Waals surface area contributed by atoms with E-state index >= 15 is 0 Å². The molecule has 0 saturated carbocycles. The predicted molar refractivity (Wildman–Crippen MR) is 85.4 cm³/mol. The molecule has 0 spiro atoms. The van der Waals surface area contributed by atoms with Crippen molar-refractivity contribution in [3.8, 4) is 0 Å². The zero-order valence-electron chi connectivity index (χ0n) is 12.9. The van der Waals surface area contributed by atoms with E-state index in [9.17, 15) is 9.59 Å². The van der Waals surface area contributed by atoms with Crippen molar-refractivity contribution in [3.05, 3.63) is 57.9 Å². The van der Waals surface area contributed by atoms with Gasteiger partial charge in [0.2, 0.25) is 5.78 Å². The number of halogens is 1. The minimum atomic E-state index is -0.301. The summed E-state index contributed by atoms with van der Waals surface area (Å²) >= 11 is 5.94. The molecule has 0 aliphatic heterocycles. The van der Waals surface area contributed by atoms with Crippen LogP contribution >= 0.6 is 11.6 Å². The van der Waals surface area contributed by atoms with Crippen LogP contribution in [0.1, 0.15) is 34.2 Å². The first-order valence-corrected chi connectivity index (χ1v) is 7.43. The maximum atomic E-state index is 12.7. The SMILES string of the molecule is CCOC(=O)Cc1cc(C)c(C(=O)c2cccc(Cl)c2)n1C. The van der Waals surface area contributed by atoms with Gasteiger partial charge < -0.3 is 9.30 Å². The number of carbonyl (C=O) groups is 2. The Kier molecular flexibility index (Phi) is 5.03. The third kappa shape index (κ3) is 3.39. The standard InChI is InChI=1S/C17H18ClNO3/c1-4-22-15(20)10-14-8-11(2)16(19(14)3)17(21)12-6-5-7-13(18)9-12/h5-9H,4,10H2,1-3H3. The Bertz CT molecular complexity index is 719. The molecule has 2 rings (SSSR count). The Hall–Kier alpha value is -2.07. The molecule has 0 radical (unpaired) electrons. The minimum Gasteiger partial charge on any atom is -0.466 e. The zero-order valence-corrected chi connectivity index (χ0v) is 13.6. The number of esters is 1. The molecule has 0 amide bonds. The van der Waals surface area contributed by atoms with Crippen molar-refractivity contribution >= 4 is 23.4 Å². The van der Waals surface area contributed by atoms with E-state index < -0.39 is 0 Å². The molecule has 2 aromatic rings. The van der Waals surface area contributed by atoms with Gasteiger partial charge in [-0.05, 0) is 37.6 Å². The monoisotopic (exact) mass is 319 g/mol. The van der Waals surface area contributed by atoms with Crippen LogP contribution in [0.15, 0.2) is 30.3 Å². The van der Waals surface area contributed by atoms with Crippen LogP contribution in [0, 0.1) is 6.92 Å². The number of carbonyl (C=O) groups excluding carboxylic acids is 2. The summed E-state index contributed by atoms with van der Waals surface area (Å²) in [6.45, 7) is 3.96. The fraction of sp³-hybridized carbons (Fsp3) is 0.294. The molecule has 0 saturated heterocycles. The lowest BCUT2D eigenvalue weighted by atomic mass is 10.1. The molecule has 5 heteroatoms. The van der Waals surface area contributed by atoms with E-state index in [1.165, 1.54) is 0 Å². The van der Waals surface area contributed by atoms with Gasteiger partial charge in [-0.2, -0.15) is 0 Å². The quantitative estimate of drug-likeness (QED) is 0.627. The Morgan fingerprint density at radius 1 is 1.27 bits per heavy atom. The van der Waals surface area contributed by atoms with Gasteiger partial charge in [0.25, 0.3) is 0 Å². The molecule has 0 unspecified atom stereocenters. The van der Waals surface area contributed by atoms with Gasteiger partial charge in [0.1, 0.15) is 0 Å². The van der Waals surface area contributed by atoms with Crippen LogP contribution in [0.5, 0.6) is 0 Å². The summed E-state index contributed by atoms with van der Waals surface area (Å²) in [5.74, 6) is -0.414. The number of hydrogen-bond acceptors (Lipinski definition) is 3. The van der Waals surface area contributed by atoms with Crippen LogP contribution in [0.25, 0.3) is 0 Å². The highest BCUT2D eigenvalue weighted by molar-refractivity contribution is 6.31. The van der Waals surface area contributed by atoms with Gasteiger partial charge in [-0.1, -0.05) is 23.7 Å². The van der Waals surface area contributed by atoms with Gasteiger partial charge >= 0.3 is 5.97 Å². The Labute approximate surface area is 134 Å². The number of aromatic nitrogens is 1.